The number of hydrogen-bond acceptors (Lipinski definition) is 7. The number of aliphatic hydroxyl groups is 1. The Labute approximate surface area is 219 Å². The standard InChI is InChI=1S/C28H36N2O6S/c1-4-14-37(33,34)30-25-17-21(10-12-26(25)32)15-23(31)19-29-24(16-20-8-6-5-7-9-20)22-11-13-27(35-2)28(18-22)36-3/h5-13,17-18,23-24,29-32H,4,14-16,19H2,1-3H3. The van der Waals surface area contributed by atoms with Crippen LogP contribution >= 0.6 is 0 Å². The molecule has 0 aliphatic heterocycles. The molecule has 0 heterocycles. The summed E-state index contributed by atoms with van der Waals surface area (Å²) in [7, 11) is -0.358. The maximum Gasteiger partial charge on any atom is 0.232 e. The molecule has 0 fully saturated rings. The smallest absolute Gasteiger partial charge is 0.232 e. The van der Waals surface area contributed by atoms with Gasteiger partial charge in [-0.1, -0.05) is 49.4 Å². The van der Waals surface area contributed by atoms with Gasteiger partial charge in [0.05, 0.1) is 31.8 Å². The van der Waals surface area contributed by atoms with Gasteiger partial charge in [-0.05, 0) is 60.2 Å². The van der Waals surface area contributed by atoms with Crippen LogP contribution in [0.4, 0.5) is 5.69 Å². The average Bonchev–Trinajstić information content (AvgIpc) is 2.88. The fraction of sp³-hybridized carbons (Fsp3) is 0.357. The van der Waals surface area contributed by atoms with Crippen molar-refractivity contribution in [1.82, 2.24) is 5.32 Å². The Hall–Kier alpha value is -3.27. The number of rotatable bonds is 14. The van der Waals surface area contributed by atoms with Gasteiger partial charge in [-0.2, -0.15) is 0 Å². The minimum atomic E-state index is -3.55. The zero-order valence-electron chi connectivity index (χ0n) is 21.5. The first kappa shape index (κ1) is 28.3. The van der Waals surface area contributed by atoms with Crippen LogP contribution in [0.1, 0.15) is 36.1 Å². The number of hydrogen-bond donors (Lipinski definition) is 4. The number of phenolic OH excluding ortho intramolecular Hbond substituents is 1. The molecule has 2 atom stereocenters. The van der Waals surface area contributed by atoms with Crippen molar-refractivity contribution in [2.45, 2.75) is 38.3 Å². The van der Waals surface area contributed by atoms with Crippen molar-refractivity contribution in [3.63, 3.8) is 0 Å². The summed E-state index contributed by atoms with van der Waals surface area (Å²) in [5.41, 5.74) is 2.95. The van der Waals surface area contributed by atoms with Gasteiger partial charge < -0.3 is 25.0 Å². The van der Waals surface area contributed by atoms with Gasteiger partial charge in [0, 0.05) is 12.6 Å². The molecule has 0 aliphatic rings. The van der Waals surface area contributed by atoms with Crippen LogP contribution in [0, 0.1) is 0 Å². The quantitative estimate of drug-likeness (QED) is 0.233. The molecule has 0 bridgehead atoms. The number of methoxy groups -OCH3 is 2. The summed E-state index contributed by atoms with van der Waals surface area (Å²) >= 11 is 0. The van der Waals surface area contributed by atoms with E-state index in [0.717, 1.165) is 11.1 Å². The second kappa shape index (κ2) is 13.3. The van der Waals surface area contributed by atoms with Crippen molar-refractivity contribution < 1.29 is 28.1 Å². The Morgan fingerprint density at radius 1 is 0.892 bits per heavy atom. The van der Waals surface area contributed by atoms with Crippen molar-refractivity contribution in [2.24, 2.45) is 0 Å². The van der Waals surface area contributed by atoms with Crippen LogP contribution in [0.15, 0.2) is 66.7 Å². The first-order valence-electron chi connectivity index (χ1n) is 12.2. The zero-order chi connectivity index (χ0) is 26.8. The van der Waals surface area contributed by atoms with Crippen LogP contribution in [0.25, 0.3) is 0 Å². The minimum Gasteiger partial charge on any atom is -0.506 e. The molecular weight excluding hydrogens is 492 g/mol. The van der Waals surface area contributed by atoms with E-state index in [4.69, 9.17) is 9.47 Å². The van der Waals surface area contributed by atoms with E-state index < -0.39 is 16.1 Å². The molecule has 37 heavy (non-hydrogen) atoms. The topological polar surface area (TPSA) is 117 Å². The summed E-state index contributed by atoms with van der Waals surface area (Å²) in [5, 5.41) is 24.4. The molecule has 2 unspecified atom stereocenters. The van der Waals surface area contributed by atoms with Crippen LogP contribution in [0.3, 0.4) is 0 Å². The van der Waals surface area contributed by atoms with Crippen LogP contribution < -0.4 is 19.5 Å². The predicted octanol–water partition coefficient (Wildman–Crippen LogP) is 4.04. The Balaban J connectivity index is 1.73. The molecule has 0 amide bonds. The fourth-order valence-electron chi connectivity index (χ4n) is 4.13. The van der Waals surface area contributed by atoms with E-state index >= 15 is 0 Å². The molecule has 0 radical (unpaired) electrons. The van der Waals surface area contributed by atoms with Crippen molar-refractivity contribution in [3.8, 4) is 17.2 Å². The maximum atomic E-state index is 12.1. The molecule has 3 aromatic rings. The van der Waals surface area contributed by atoms with Crippen molar-refractivity contribution in [2.75, 3.05) is 31.2 Å². The molecule has 0 saturated heterocycles. The minimum absolute atomic E-state index is 0.0395. The zero-order valence-corrected chi connectivity index (χ0v) is 22.3. The van der Waals surface area contributed by atoms with Crippen molar-refractivity contribution in [1.29, 1.82) is 0 Å². The van der Waals surface area contributed by atoms with Gasteiger partial charge in [-0.25, -0.2) is 8.42 Å². The van der Waals surface area contributed by atoms with E-state index in [1.54, 1.807) is 33.3 Å². The first-order valence-corrected chi connectivity index (χ1v) is 13.9. The van der Waals surface area contributed by atoms with Gasteiger partial charge in [-0.15, -0.1) is 0 Å². The second-order valence-electron chi connectivity index (χ2n) is 8.90. The average molecular weight is 529 g/mol. The lowest BCUT2D eigenvalue weighted by molar-refractivity contribution is 0.167. The van der Waals surface area contributed by atoms with Crippen LogP contribution in [0.5, 0.6) is 17.2 Å². The van der Waals surface area contributed by atoms with Gasteiger partial charge in [0.2, 0.25) is 10.0 Å². The predicted molar refractivity (Wildman–Crippen MR) is 146 cm³/mol. The molecule has 3 aromatic carbocycles. The van der Waals surface area contributed by atoms with Gasteiger partial charge in [0.25, 0.3) is 0 Å². The first-order chi connectivity index (χ1) is 17.7. The summed E-state index contributed by atoms with van der Waals surface area (Å²) in [5.74, 6) is 1.07. The third kappa shape index (κ3) is 8.38. The third-order valence-corrected chi connectivity index (χ3v) is 7.44. The summed E-state index contributed by atoms with van der Waals surface area (Å²) in [6, 6.07) is 20.4. The highest BCUT2D eigenvalue weighted by atomic mass is 32.2. The van der Waals surface area contributed by atoms with Crippen LogP contribution in [-0.2, 0) is 22.9 Å². The number of benzene rings is 3. The lowest BCUT2D eigenvalue weighted by Crippen LogP contribution is -2.32. The Kier molecular flexibility index (Phi) is 10.2. The van der Waals surface area contributed by atoms with Gasteiger partial charge >= 0.3 is 0 Å². The molecule has 0 aliphatic carbocycles. The molecule has 3 rings (SSSR count). The summed E-state index contributed by atoms with van der Waals surface area (Å²) in [6.07, 6.45) is 0.693. The fourth-order valence-corrected chi connectivity index (χ4v) is 5.27. The Morgan fingerprint density at radius 2 is 1.62 bits per heavy atom. The van der Waals surface area contributed by atoms with E-state index in [0.29, 0.717) is 36.4 Å². The number of aliphatic hydroxyl groups excluding tert-OH is 1. The molecule has 0 aromatic heterocycles. The number of nitrogens with one attached hydrogen (secondary N) is 2. The van der Waals surface area contributed by atoms with E-state index in [2.05, 4.69) is 22.2 Å². The molecule has 4 N–H and O–H groups in total. The highest BCUT2D eigenvalue weighted by molar-refractivity contribution is 7.92. The van der Waals surface area contributed by atoms with Crippen molar-refractivity contribution in [3.05, 3.63) is 83.4 Å². The van der Waals surface area contributed by atoms with Crippen molar-refractivity contribution >= 4 is 15.7 Å². The highest BCUT2D eigenvalue weighted by Gasteiger charge is 2.18. The third-order valence-electron chi connectivity index (χ3n) is 5.96. The lowest BCUT2D eigenvalue weighted by atomic mass is 9.97. The van der Waals surface area contributed by atoms with E-state index in [9.17, 15) is 18.6 Å². The number of sulfonamides is 1. The molecule has 200 valence electrons. The number of ether oxygens (including phenoxy) is 2. The molecule has 0 spiro atoms. The summed E-state index contributed by atoms with van der Waals surface area (Å²) in [4.78, 5) is 0. The van der Waals surface area contributed by atoms with E-state index in [-0.39, 0.29) is 29.7 Å². The molecule has 8 nitrogen and oxygen atoms in total. The monoisotopic (exact) mass is 528 g/mol. The second-order valence-corrected chi connectivity index (χ2v) is 10.7. The Bertz CT molecular complexity index is 1250. The maximum absolute atomic E-state index is 12.1. The lowest BCUT2D eigenvalue weighted by Gasteiger charge is -2.23. The molecule has 0 saturated carbocycles. The summed E-state index contributed by atoms with van der Waals surface area (Å²) < 4.78 is 37.5. The van der Waals surface area contributed by atoms with Crippen LogP contribution in [0.2, 0.25) is 0 Å². The number of phenols is 1. The number of aromatic hydroxyl groups is 1. The largest absolute Gasteiger partial charge is 0.506 e. The summed E-state index contributed by atoms with van der Waals surface area (Å²) in [6.45, 7) is 2.07. The SMILES string of the molecule is CCCS(=O)(=O)Nc1cc(CC(O)CNC(Cc2ccccc2)c2ccc(OC)c(OC)c2)ccc1O. The van der Waals surface area contributed by atoms with Crippen LogP contribution in [-0.4, -0.2) is 51.3 Å². The number of anilines is 1. The molecule has 9 heteroatoms. The van der Waals surface area contributed by atoms with Gasteiger partial charge in [-0.3, -0.25) is 4.72 Å². The van der Waals surface area contributed by atoms with E-state index in [1.807, 2.05) is 36.4 Å². The van der Waals surface area contributed by atoms with Gasteiger partial charge in [0.15, 0.2) is 11.5 Å². The Morgan fingerprint density at radius 3 is 2.30 bits per heavy atom. The van der Waals surface area contributed by atoms with E-state index in [1.165, 1.54) is 6.07 Å². The van der Waals surface area contributed by atoms with Gasteiger partial charge in [0.1, 0.15) is 5.75 Å². The molecular formula is C28H36N2O6S. The highest BCUT2D eigenvalue weighted by Crippen LogP contribution is 2.31. The normalized spacial score (nSPS) is 13.1.